The van der Waals surface area contributed by atoms with Crippen molar-refractivity contribution in [3.8, 4) is 11.5 Å². The van der Waals surface area contributed by atoms with E-state index in [1.165, 1.54) is 0 Å². The molecule has 0 radical (unpaired) electrons. The van der Waals surface area contributed by atoms with E-state index in [9.17, 15) is 4.79 Å². The topological polar surface area (TPSA) is 47.6 Å². The summed E-state index contributed by atoms with van der Waals surface area (Å²) >= 11 is 3.62. The fraction of sp³-hybridized carbons (Fsp3) is 0.364. The first kappa shape index (κ1) is 12.7. The largest absolute Gasteiger partial charge is 0.497 e. The van der Waals surface area contributed by atoms with E-state index in [-0.39, 0.29) is 5.24 Å². The highest BCUT2D eigenvalue weighted by atomic mass is 32.1. The lowest BCUT2D eigenvalue weighted by atomic mass is 10.1. The molecular weight excluding hydrogens is 226 g/mol. The van der Waals surface area contributed by atoms with Crippen LogP contribution in [0.5, 0.6) is 11.5 Å². The van der Waals surface area contributed by atoms with Crippen LogP contribution in [0.25, 0.3) is 0 Å². The van der Waals surface area contributed by atoms with E-state index in [0.29, 0.717) is 13.0 Å². The number of benzene rings is 1. The smallest absolute Gasteiger partial charge is 0.275 e. The average Bonchev–Trinajstić information content (AvgIpc) is 2.29. The Morgan fingerprint density at radius 2 is 2.12 bits per heavy atom. The molecule has 0 atom stereocenters. The standard InChI is InChI=1S/C11H15NO3S/c1-14-9-4-3-8(10(7-9)15-2)5-6-12-11(13)16/h3-4,7H,5-6H2,1-2H3,(H2,12,13,16). The zero-order valence-corrected chi connectivity index (χ0v) is 10.2. The zero-order valence-electron chi connectivity index (χ0n) is 9.32. The van der Waals surface area contributed by atoms with Crippen molar-refractivity contribution in [1.29, 1.82) is 0 Å². The van der Waals surface area contributed by atoms with Gasteiger partial charge in [0.2, 0.25) is 0 Å². The van der Waals surface area contributed by atoms with Crippen LogP contribution in [0.2, 0.25) is 0 Å². The normalized spacial score (nSPS) is 9.69. The van der Waals surface area contributed by atoms with Gasteiger partial charge in [-0.05, 0) is 18.1 Å². The van der Waals surface area contributed by atoms with Gasteiger partial charge in [-0.1, -0.05) is 18.7 Å². The van der Waals surface area contributed by atoms with Crippen LogP contribution in [0.1, 0.15) is 5.56 Å². The second-order valence-electron chi connectivity index (χ2n) is 3.16. The highest BCUT2D eigenvalue weighted by Crippen LogP contribution is 2.24. The summed E-state index contributed by atoms with van der Waals surface area (Å²) in [4.78, 5) is 10.6. The first-order valence-electron chi connectivity index (χ1n) is 4.85. The molecule has 88 valence electrons. The van der Waals surface area contributed by atoms with Gasteiger partial charge in [0, 0.05) is 12.6 Å². The summed E-state index contributed by atoms with van der Waals surface area (Å²) < 4.78 is 10.3. The highest BCUT2D eigenvalue weighted by molar-refractivity contribution is 7.96. The van der Waals surface area contributed by atoms with Gasteiger partial charge in [-0.2, -0.15) is 0 Å². The summed E-state index contributed by atoms with van der Waals surface area (Å²) in [6, 6.07) is 5.60. The second-order valence-corrected chi connectivity index (χ2v) is 3.57. The van der Waals surface area contributed by atoms with E-state index in [2.05, 4.69) is 17.9 Å². The molecule has 1 aromatic carbocycles. The maximum absolute atomic E-state index is 10.6. The van der Waals surface area contributed by atoms with Crippen molar-refractivity contribution in [1.82, 2.24) is 5.32 Å². The number of carbonyl (C=O) groups excluding carboxylic acids is 1. The lowest BCUT2D eigenvalue weighted by Crippen LogP contribution is -2.19. The number of amides is 1. The number of hydrogen-bond donors (Lipinski definition) is 2. The van der Waals surface area contributed by atoms with Crippen LogP contribution in [-0.4, -0.2) is 26.0 Å². The van der Waals surface area contributed by atoms with Crippen molar-refractivity contribution in [2.24, 2.45) is 0 Å². The molecule has 0 aliphatic heterocycles. The van der Waals surface area contributed by atoms with Gasteiger partial charge in [-0.15, -0.1) is 0 Å². The van der Waals surface area contributed by atoms with Crippen LogP contribution in [0.4, 0.5) is 4.79 Å². The van der Waals surface area contributed by atoms with Gasteiger partial charge in [0.05, 0.1) is 14.2 Å². The molecule has 0 unspecified atom stereocenters. The predicted octanol–water partition coefficient (Wildman–Crippen LogP) is 1.89. The SMILES string of the molecule is COc1ccc(CCNC(=O)S)c(OC)c1. The number of ether oxygens (including phenoxy) is 2. The Morgan fingerprint density at radius 1 is 1.38 bits per heavy atom. The first-order valence-corrected chi connectivity index (χ1v) is 5.29. The Labute approximate surface area is 100 Å². The van der Waals surface area contributed by atoms with Crippen molar-refractivity contribution in [3.05, 3.63) is 23.8 Å². The third-order valence-corrected chi connectivity index (χ3v) is 2.32. The molecule has 1 aromatic rings. The summed E-state index contributed by atoms with van der Waals surface area (Å²) in [7, 11) is 3.21. The maximum Gasteiger partial charge on any atom is 0.275 e. The van der Waals surface area contributed by atoms with E-state index < -0.39 is 0 Å². The highest BCUT2D eigenvalue weighted by Gasteiger charge is 2.04. The van der Waals surface area contributed by atoms with Gasteiger partial charge in [0.1, 0.15) is 11.5 Å². The van der Waals surface area contributed by atoms with Crippen molar-refractivity contribution < 1.29 is 14.3 Å². The Bertz CT molecular complexity index is 368. The van der Waals surface area contributed by atoms with Gasteiger partial charge in [0.25, 0.3) is 5.24 Å². The van der Waals surface area contributed by atoms with Gasteiger partial charge in [-0.3, -0.25) is 4.79 Å². The molecule has 1 rings (SSSR count). The van der Waals surface area contributed by atoms with Crippen LogP contribution in [0.15, 0.2) is 18.2 Å². The number of nitrogens with one attached hydrogen (secondary N) is 1. The third-order valence-electron chi connectivity index (χ3n) is 2.16. The minimum absolute atomic E-state index is 0.326. The van der Waals surface area contributed by atoms with Gasteiger partial charge in [-0.25, -0.2) is 0 Å². The molecule has 0 saturated carbocycles. The van der Waals surface area contributed by atoms with Crippen LogP contribution in [0, 0.1) is 0 Å². The number of thiol groups is 1. The first-order chi connectivity index (χ1) is 7.67. The summed E-state index contributed by atoms with van der Waals surface area (Å²) in [5.74, 6) is 1.51. The molecular formula is C11H15NO3S. The molecule has 1 N–H and O–H groups in total. The van der Waals surface area contributed by atoms with Gasteiger partial charge >= 0.3 is 0 Å². The molecule has 0 aromatic heterocycles. The monoisotopic (exact) mass is 241 g/mol. The molecule has 0 saturated heterocycles. The Morgan fingerprint density at radius 3 is 2.69 bits per heavy atom. The fourth-order valence-electron chi connectivity index (χ4n) is 1.36. The van der Waals surface area contributed by atoms with Gasteiger partial charge < -0.3 is 14.8 Å². The second kappa shape index (κ2) is 6.27. The minimum Gasteiger partial charge on any atom is -0.497 e. The van der Waals surface area contributed by atoms with Crippen molar-refractivity contribution in [2.75, 3.05) is 20.8 Å². The number of methoxy groups -OCH3 is 2. The van der Waals surface area contributed by atoms with E-state index in [1.54, 1.807) is 14.2 Å². The Balaban J connectivity index is 2.68. The van der Waals surface area contributed by atoms with Crippen LogP contribution in [-0.2, 0) is 6.42 Å². The quantitative estimate of drug-likeness (QED) is 0.774. The average molecular weight is 241 g/mol. The number of rotatable bonds is 5. The van der Waals surface area contributed by atoms with Crippen LogP contribution >= 0.6 is 12.6 Å². The number of hydrogen-bond acceptors (Lipinski definition) is 3. The summed E-state index contributed by atoms with van der Waals surface area (Å²) in [5, 5.41) is 2.29. The molecule has 0 spiro atoms. The van der Waals surface area contributed by atoms with E-state index in [0.717, 1.165) is 17.1 Å². The fourth-order valence-corrected chi connectivity index (χ4v) is 1.47. The Hall–Kier alpha value is -1.36. The van der Waals surface area contributed by atoms with E-state index >= 15 is 0 Å². The number of carbonyl (C=O) groups is 1. The molecule has 1 amide bonds. The van der Waals surface area contributed by atoms with Gasteiger partial charge in [0.15, 0.2) is 0 Å². The third kappa shape index (κ3) is 3.66. The summed E-state index contributed by atoms with van der Waals surface area (Å²) in [6.07, 6.45) is 0.694. The summed E-state index contributed by atoms with van der Waals surface area (Å²) in [6.45, 7) is 0.533. The van der Waals surface area contributed by atoms with Crippen LogP contribution in [0.3, 0.4) is 0 Å². The predicted molar refractivity (Wildman–Crippen MR) is 65.6 cm³/mol. The van der Waals surface area contributed by atoms with E-state index in [4.69, 9.17) is 9.47 Å². The molecule has 4 nitrogen and oxygen atoms in total. The molecule has 5 heteroatoms. The molecule has 0 aliphatic carbocycles. The molecule has 16 heavy (non-hydrogen) atoms. The van der Waals surface area contributed by atoms with Crippen molar-refractivity contribution in [3.63, 3.8) is 0 Å². The maximum atomic E-state index is 10.6. The minimum atomic E-state index is -0.326. The zero-order chi connectivity index (χ0) is 12.0. The Kier molecular flexibility index (Phi) is 4.98. The molecule has 0 fully saturated rings. The lowest BCUT2D eigenvalue weighted by Gasteiger charge is -2.10. The molecule has 0 heterocycles. The van der Waals surface area contributed by atoms with Crippen molar-refractivity contribution in [2.45, 2.75) is 6.42 Å². The summed E-state index contributed by atoms with van der Waals surface area (Å²) in [5.41, 5.74) is 1.02. The van der Waals surface area contributed by atoms with E-state index in [1.807, 2.05) is 18.2 Å². The molecule has 0 aliphatic rings. The van der Waals surface area contributed by atoms with Crippen LogP contribution < -0.4 is 14.8 Å². The molecule has 0 bridgehead atoms. The van der Waals surface area contributed by atoms with Crippen molar-refractivity contribution >= 4 is 17.9 Å². The lowest BCUT2D eigenvalue weighted by molar-refractivity contribution is 0.261.